The normalized spacial score (nSPS) is 30.7. The minimum absolute atomic E-state index is 0.661. The fraction of sp³-hybridized carbons (Fsp3) is 0.889. The first-order valence-corrected chi connectivity index (χ1v) is 5.78. The van der Waals surface area contributed by atoms with Crippen LogP contribution in [0.2, 0.25) is 0 Å². The van der Waals surface area contributed by atoms with E-state index in [0.717, 1.165) is 19.6 Å². The first-order valence-electron chi connectivity index (χ1n) is 4.83. The van der Waals surface area contributed by atoms with Gasteiger partial charge in [-0.15, -0.1) is 0 Å². The molecule has 1 aliphatic rings. The molecule has 0 aromatic rings. The van der Waals surface area contributed by atoms with Gasteiger partial charge in [-0.25, -0.2) is 0 Å². The molecule has 3 nitrogen and oxygen atoms in total. The highest BCUT2D eigenvalue weighted by molar-refractivity contribution is 8.00. The monoisotopic (exact) mass is 201 g/mol. The SMILES string of the molecule is CCN=C(N)N1CC(C)SC(C)C1. The molecule has 1 aliphatic heterocycles. The second-order valence-corrected chi connectivity index (χ2v) is 5.38. The Hall–Kier alpha value is -0.380. The topological polar surface area (TPSA) is 41.6 Å². The predicted octanol–water partition coefficient (Wildman–Crippen LogP) is 1.15. The molecule has 2 atom stereocenters. The molecule has 76 valence electrons. The molecule has 0 amide bonds. The fourth-order valence-electron chi connectivity index (χ4n) is 1.63. The highest BCUT2D eigenvalue weighted by Crippen LogP contribution is 2.24. The van der Waals surface area contributed by atoms with Gasteiger partial charge in [-0.2, -0.15) is 11.8 Å². The van der Waals surface area contributed by atoms with Crippen molar-refractivity contribution in [1.29, 1.82) is 0 Å². The van der Waals surface area contributed by atoms with E-state index in [1.807, 2.05) is 18.7 Å². The number of thioether (sulfide) groups is 1. The van der Waals surface area contributed by atoms with Crippen LogP contribution in [0.15, 0.2) is 4.99 Å². The summed E-state index contributed by atoms with van der Waals surface area (Å²) in [6.07, 6.45) is 0. The van der Waals surface area contributed by atoms with Crippen LogP contribution < -0.4 is 5.73 Å². The van der Waals surface area contributed by atoms with Crippen molar-refractivity contribution >= 4 is 17.7 Å². The Morgan fingerprint density at radius 2 is 2.00 bits per heavy atom. The number of hydrogen-bond donors (Lipinski definition) is 1. The molecule has 4 heteroatoms. The van der Waals surface area contributed by atoms with Gasteiger partial charge in [-0.1, -0.05) is 13.8 Å². The first-order chi connectivity index (χ1) is 6.13. The maximum absolute atomic E-state index is 5.85. The van der Waals surface area contributed by atoms with Gasteiger partial charge in [0, 0.05) is 30.1 Å². The number of hydrogen-bond acceptors (Lipinski definition) is 2. The second-order valence-electron chi connectivity index (χ2n) is 3.49. The molecule has 0 aromatic carbocycles. The van der Waals surface area contributed by atoms with E-state index in [-0.39, 0.29) is 0 Å². The largest absolute Gasteiger partial charge is 0.370 e. The van der Waals surface area contributed by atoms with Crippen LogP contribution in [-0.2, 0) is 0 Å². The van der Waals surface area contributed by atoms with Gasteiger partial charge in [0.1, 0.15) is 0 Å². The van der Waals surface area contributed by atoms with Gasteiger partial charge < -0.3 is 10.6 Å². The summed E-state index contributed by atoms with van der Waals surface area (Å²) in [4.78, 5) is 6.42. The van der Waals surface area contributed by atoms with Gasteiger partial charge in [-0.3, -0.25) is 4.99 Å². The van der Waals surface area contributed by atoms with Gasteiger partial charge in [0.05, 0.1) is 0 Å². The Balaban J connectivity index is 2.54. The van der Waals surface area contributed by atoms with Crippen LogP contribution in [-0.4, -0.2) is 41.0 Å². The van der Waals surface area contributed by atoms with Crippen molar-refractivity contribution in [2.75, 3.05) is 19.6 Å². The van der Waals surface area contributed by atoms with E-state index in [1.54, 1.807) is 0 Å². The van der Waals surface area contributed by atoms with E-state index in [9.17, 15) is 0 Å². The van der Waals surface area contributed by atoms with Crippen molar-refractivity contribution in [2.45, 2.75) is 31.3 Å². The third-order valence-electron chi connectivity index (χ3n) is 2.06. The lowest BCUT2D eigenvalue weighted by molar-refractivity contribution is 0.405. The predicted molar refractivity (Wildman–Crippen MR) is 60.3 cm³/mol. The van der Waals surface area contributed by atoms with Crippen LogP contribution in [0.3, 0.4) is 0 Å². The standard InChI is InChI=1S/C9H19N3S/c1-4-11-9(10)12-5-7(2)13-8(3)6-12/h7-8H,4-6H2,1-3H3,(H2,10,11). The second kappa shape index (κ2) is 4.74. The highest BCUT2D eigenvalue weighted by Gasteiger charge is 2.22. The lowest BCUT2D eigenvalue weighted by Gasteiger charge is -2.35. The number of nitrogens with zero attached hydrogens (tertiary/aromatic N) is 2. The maximum atomic E-state index is 5.85. The molecular weight excluding hydrogens is 182 g/mol. The third-order valence-corrected chi connectivity index (χ3v) is 3.29. The van der Waals surface area contributed by atoms with Crippen molar-refractivity contribution in [1.82, 2.24) is 4.90 Å². The number of nitrogens with two attached hydrogens (primary N) is 1. The minimum Gasteiger partial charge on any atom is -0.370 e. The summed E-state index contributed by atoms with van der Waals surface area (Å²) in [5.41, 5.74) is 5.85. The molecule has 13 heavy (non-hydrogen) atoms. The Morgan fingerprint density at radius 3 is 2.46 bits per heavy atom. The molecular formula is C9H19N3S. The molecule has 2 N–H and O–H groups in total. The zero-order valence-corrected chi connectivity index (χ0v) is 9.47. The Bertz CT molecular complexity index is 183. The molecule has 0 aliphatic carbocycles. The maximum Gasteiger partial charge on any atom is 0.191 e. The van der Waals surface area contributed by atoms with E-state index in [1.165, 1.54) is 0 Å². The first kappa shape index (κ1) is 10.7. The summed E-state index contributed by atoms with van der Waals surface area (Å²) in [7, 11) is 0. The summed E-state index contributed by atoms with van der Waals surface area (Å²) in [6, 6.07) is 0. The van der Waals surface area contributed by atoms with Gasteiger partial charge in [0.2, 0.25) is 0 Å². The third kappa shape index (κ3) is 3.10. The van der Waals surface area contributed by atoms with Crippen molar-refractivity contribution in [3.05, 3.63) is 0 Å². The van der Waals surface area contributed by atoms with Crippen LogP contribution in [0.5, 0.6) is 0 Å². The quantitative estimate of drug-likeness (QED) is 0.511. The van der Waals surface area contributed by atoms with Crippen LogP contribution in [0, 0.1) is 0 Å². The van der Waals surface area contributed by atoms with Crippen molar-refractivity contribution in [3.8, 4) is 0 Å². The molecule has 0 aromatic heterocycles. The smallest absolute Gasteiger partial charge is 0.191 e. The van der Waals surface area contributed by atoms with E-state index >= 15 is 0 Å². The average Bonchev–Trinajstić information content (AvgIpc) is 2.03. The van der Waals surface area contributed by atoms with Crippen LogP contribution in [0.25, 0.3) is 0 Å². The molecule has 2 unspecified atom stereocenters. The van der Waals surface area contributed by atoms with Crippen molar-refractivity contribution in [2.24, 2.45) is 10.7 Å². The van der Waals surface area contributed by atoms with Gasteiger partial charge in [0.25, 0.3) is 0 Å². The van der Waals surface area contributed by atoms with E-state index in [0.29, 0.717) is 16.5 Å². The zero-order valence-electron chi connectivity index (χ0n) is 8.66. The summed E-state index contributed by atoms with van der Waals surface area (Å²) >= 11 is 2.03. The van der Waals surface area contributed by atoms with E-state index < -0.39 is 0 Å². The van der Waals surface area contributed by atoms with Crippen LogP contribution >= 0.6 is 11.8 Å². The lowest BCUT2D eigenvalue weighted by atomic mass is 10.3. The summed E-state index contributed by atoms with van der Waals surface area (Å²) in [5.74, 6) is 0.710. The summed E-state index contributed by atoms with van der Waals surface area (Å²) in [6.45, 7) is 9.34. The molecule has 1 saturated heterocycles. The number of aliphatic imine (C=N–C) groups is 1. The minimum atomic E-state index is 0.661. The Kier molecular flexibility index (Phi) is 3.90. The Labute approximate surface area is 84.8 Å². The summed E-state index contributed by atoms with van der Waals surface area (Å²) < 4.78 is 0. The van der Waals surface area contributed by atoms with Gasteiger partial charge >= 0.3 is 0 Å². The lowest BCUT2D eigenvalue weighted by Crippen LogP contribution is -2.47. The molecule has 1 rings (SSSR count). The molecule has 0 bridgehead atoms. The number of guanidine groups is 1. The molecule has 0 radical (unpaired) electrons. The van der Waals surface area contributed by atoms with Crippen molar-refractivity contribution < 1.29 is 0 Å². The Morgan fingerprint density at radius 1 is 1.46 bits per heavy atom. The van der Waals surface area contributed by atoms with E-state index in [4.69, 9.17) is 5.73 Å². The molecule has 0 spiro atoms. The van der Waals surface area contributed by atoms with Crippen LogP contribution in [0.4, 0.5) is 0 Å². The molecule has 1 heterocycles. The van der Waals surface area contributed by atoms with Gasteiger partial charge in [-0.05, 0) is 6.92 Å². The van der Waals surface area contributed by atoms with E-state index in [2.05, 4.69) is 23.7 Å². The molecule has 1 fully saturated rings. The van der Waals surface area contributed by atoms with Crippen LogP contribution in [0.1, 0.15) is 20.8 Å². The average molecular weight is 201 g/mol. The van der Waals surface area contributed by atoms with Gasteiger partial charge in [0.15, 0.2) is 5.96 Å². The fourth-order valence-corrected chi connectivity index (χ4v) is 2.95. The highest BCUT2D eigenvalue weighted by atomic mass is 32.2. The zero-order chi connectivity index (χ0) is 9.84. The number of rotatable bonds is 1. The van der Waals surface area contributed by atoms with Crippen molar-refractivity contribution in [3.63, 3.8) is 0 Å². The molecule has 0 saturated carbocycles. The summed E-state index contributed by atoms with van der Waals surface area (Å²) in [5, 5.41) is 1.32.